The average Bonchev–Trinajstić information content (AvgIpc) is 2.41. The molecule has 1 unspecified atom stereocenters. The second kappa shape index (κ2) is 7.82. The molecule has 1 fully saturated rings. The van der Waals surface area contributed by atoms with Gasteiger partial charge in [0, 0.05) is 31.4 Å². The van der Waals surface area contributed by atoms with Gasteiger partial charge in [-0.05, 0) is 31.2 Å². The summed E-state index contributed by atoms with van der Waals surface area (Å²) < 4.78 is 0. The number of thioether (sulfide) groups is 1. The van der Waals surface area contributed by atoms with E-state index in [0.717, 1.165) is 13.1 Å². The van der Waals surface area contributed by atoms with Crippen LogP contribution in [0.5, 0.6) is 0 Å². The lowest BCUT2D eigenvalue weighted by Crippen LogP contribution is -2.45. The van der Waals surface area contributed by atoms with Gasteiger partial charge < -0.3 is 5.32 Å². The first kappa shape index (κ1) is 13.9. The molecule has 18 heavy (non-hydrogen) atoms. The molecule has 3 heteroatoms. The summed E-state index contributed by atoms with van der Waals surface area (Å²) in [5.41, 5.74) is 1.43. The standard InChI is InChI=1S/C15H24N2S/c1-18-11-9-16-15-8-5-10-17(13-15)12-14-6-3-2-4-7-14/h2-4,6-7,15-16H,5,8-13H2,1H3. The molecule has 100 valence electrons. The van der Waals surface area contributed by atoms with E-state index in [9.17, 15) is 0 Å². The molecule has 0 aliphatic carbocycles. The van der Waals surface area contributed by atoms with Crippen molar-refractivity contribution >= 4 is 11.8 Å². The topological polar surface area (TPSA) is 15.3 Å². The van der Waals surface area contributed by atoms with Crippen LogP contribution in [-0.4, -0.2) is 42.6 Å². The lowest BCUT2D eigenvalue weighted by Gasteiger charge is -2.33. The summed E-state index contributed by atoms with van der Waals surface area (Å²) >= 11 is 1.92. The van der Waals surface area contributed by atoms with Crippen molar-refractivity contribution in [3.05, 3.63) is 35.9 Å². The SMILES string of the molecule is CSCCNC1CCCN(Cc2ccccc2)C1. The Morgan fingerprint density at radius 1 is 1.33 bits per heavy atom. The van der Waals surface area contributed by atoms with Crippen LogP contribution in [0.2, 0.25) is 0 Å². The molecule has 0 aromatic heterocycles. The van der Waals surface area contributed by atoms with E-state index in [1.807, 2.05) is 11.8 Å². The molecule has 2 rings (SSSR count). The van der Waals surface area contributed by atoms with Crippen molar-refractivity contribution in [1.82, 2.24) is 10.2 Å². The maximum absolute atomic E-state index is 3.68. The molecule has 0 saturated carbocycles. The van der Waals surface area contributed by atoms with Gasteiger partial charge in [-0.3, -0.25) is 4.90 Å². The molecule has 1 saturated heterocycles. The molecule has 0 bridgehead atoms. The summed E-state index contributed by atoms with van der Waals surface area (Å²) in [6.45, 7) is 4.69. The van der Waals surface area contributed by atoms with E-state index in [0.29, 0.717) is 6.04 Å². The quantitative estimate of drug-likeness (QED) is 0.795. The van der Waals surface area contributed by atoms with Crippen LogP contribution in [-0.2, 0) is 6.54 Å². The smallest absolute Gasteiger partial charge is 0.0234 e. The zero-order valence-electron chi connectivity index (χ0n) is 11.3. The third kappa shape index (κ3) is 4.63. The van der Waals surface area contributed by atoms with Crippen LogP contribution in [0.3, 0.4) is 0 Å². The van der Waals surface area contributed by atoms with Gasteiger partial charge in [-0.1, -0.05) is 30.3 Å². The number of hydrogen-bond acceptors (Lipinski definition) is 3. The molecule has 1 N–H and O–H groups in total. The molecular formula is C15H24N2S. The number of nitrogens with zero attached hydrogens (tertiary/aromatic N) is 1. The molecule has 2 nitrogen and oxygen atoms in total. The number of benzene rings is 1. The molecule has 1 aromatic carbocycles. The minimum Gasteiger partial charge on any atom is -0.312 e. The normalized spacial score (nSPS) is 21.1. The van der Waals surface area contributed by atoms with Gasteiger partial charge >= 0.3 is 0 Å². The second-order valence-corrected chi connectivity index (χ2v) is 5.99. The van der Waals surface area contributed by atoms with Crippen LogP contribution in [0.4, 0.5) is 0 Å². The van der Waals surface area contributed by atoms with E-state index >= 15 is 0 Å². The fourth-order valence-corrected chi connectivity index (χ4v) is 2.89. The molecular weight excluding hydrogens is 240 g/mol. The molecule has 1 aromatic rings. The van der Waals surface area contributed by atoms with E-state index < -0.39 is 0 Å². The van der Waals surface area contributed by atoms with Gasteiger partial charge in [-0.15, -0.1) is 0 Å². The highest BCUT2D eigenvalue weighted by molar-refractivity contribution is 7.98. The average molecular weight is 264 g/mol. The Bertz CT molecular complexity index is 329. The molecule has 1 aliphatic heterocycles. The van der Waals surface area contributed by atoms with Crippen molar-refractivity contribution < 1.29 is 0 Å². The Morgan fingerprint density at radius 3 is 2.94 bits per heavy atom. The Morgan fingerprint density at radius 2 is 2.17 bits per heavy atom. The molecule has 0 radical (unpaired) electrons. The zero-order valence-corrected chi connectivity index (χ0v) is 12.1. The third-order valence-corrected chi connectivity index (χ3v) is 4.11. The minimum atomic E-state index is 0.689. The largest absolute Gasteiger partial charge is 0.312 e. The third-order valence-electron chi connectivity index (χ3n) is 3.49. The number of likely N-dealkylation sites (tertiary alicyclic amines) is 1. The number of rotatable bonds is 6. The first-order chi connectivity index (χ1) is 8.88. The van der Waals surface area contributed by atoms with Crippen LogP contribution >= 0.6 is 11.8 Å². The van der Waals surface area contributed by atoms with Gasteiger partial charge in [0.05, 0.1) is 0 Å². The van der Waals surface area contributed by atoms with Crippen LogP contribution in [0.25, 0.3) is 0 Å². The molecule has 1 atom stereocenters. The van der Waals surface area contributed by atoms with Crippen molar-refractivity contribution in [2.24, 2.45) is 0 Å². The predicted molar refractivity (Wildman–Crippen MR) is 81.1 cm³/mol. The van der Waals surface area contributed by atoms with Crippen molar-refractivity contribution in [2.45, 2.75) is 25.4 Å². The summed E-state index contributed by atoms with van der Waals surface area (Å²) in [6, 6.07) is 11.5. The second-order valence-electron chi connectivity index (χ2n) is 5.01. The maximum atomic E-state index is 3.68. The number of nitrogens with one attached hydrogen (secondary N) is 1. The van der Waals surface area contributed by atoms with Crippen LogP contribution in [0.15, 0.2) is 30.3 Å². The predicted octanol–water partition coefficient (Wildman–Crippen LogP) is 2.60. The van der Waals surface area contributed by atoms with Crippen LogP contribution < -0.4 is 5.32 Å². The Balaban J connectivity index is 1.76. The van der Waals surface area contributed by atoms with Gasteiger partial charge in [0.15, 0.2) is 0 Å². The van der Waals surface area contributed by atoms with Gasteiger partial charge in [-0.2, -0.15) is 11.8 Å². The van der Waals surface area contributed by atoms with Crippen LogP contribution in [0, 0.1) is 0 Å². The maximum Gasteiger partial charge on any atom is 0.0234 e. The van der Waals surface area contributed by atoms with Crippen molar-refractivity contribution in [3.8, 4) is 0 Å². The lowest BCUT2D eigenvalue weighted by molar-refractivity contribution is 0.185. The van der Waals surface area contributed by atoms with Crippen molar-refractivity contribution in [1.29, 1.82) is 0 Å². The van der Waals surface area contributed by atoms with E-state index in [1.165, 1.54) is 37.2 Å². The monoisotopic (exact) mass is 264 g/mol. The molecule has 1 aliphatic rings. The highest BCUT2D eigenvalue weighted by Gasteiger charge is 2.18. The van der Waals surface area contributed by atoms with E-state index in [1.54, 1.807) is 0 Å². The molecule has 1 heterocycles. The van der Waals surface area contributed by atoms with Gasteiger partial charge in [0.1, 0.15) is 0 Å². The summed E-state index contributed by atoms with van der Waals surface area (Å²) in [7, 11) is 0. The Hall–Kier alpha value is -0.510. The summed E-state index contributed by atoms with van der Waals surface area (Å²) in [5, 5.41) is 3.68. The summed E-state index contributed by atoms with van der Waals surface area (Å²) in [4.78, 5) is 2.58. The summed E-state index contributed by atoms with van der Waals surface area (Å²) in [6.07, 6.45) is 4.83. The van der Waals surface area contributed by atoms with E-state index in [4.69, 9.17) is 0 Å². The van der Waals surface area contributed by atoms with Gasteiger partial charge in [0.25, 0.3) is 0 Å². The molecule has 0 amide bonds. The van der Waals surface area contributed by atoms with E-state index in [-0.39, 0.29) is 0 Å². The fourth-order valence-electron chi connectivity index (χ4n) is 2.57. The minimum absolute atomic E-state index is 0.689. The van der Waals surface area contributed by atoms with E-state index in [2.05, 4.69) is 46.8 Å². The fraction of sp³-hybridized carbons (Fsp3) is 0.600. The molecule has 0 spiro atoms. The first-order valence-corrected chi connectivity index (χ1v) is 8.26. The van der Waals surface area contributed by atoms with Gasteiger partial charge in [-0.25, -0.2) is 0 Å². The highest BCUT2D eigenvalue weighted by atomic mass is 32.2. The zero-order chi connectivity index (χ0) is 12.6. The summed E-state index contributed by atoms with van der Waals surface area (Å²) in [5.74, 6) is 1.22. The first-order valence-electron chi connectivity index (χ1n) is 6.87. The van der Waals surface area contributed by atoms with Crippen molar-refractivity contribution in [3.63, 3.8) is 0 Å². The number of piperidine rings is 1. The number of hydrogen-bond donors (Lipinski definition) is 1. The lowest BCUT2D eigenvalue weighted by atomic mass is 10.0. The Labute approximate surface area is 115 Å². The van der Waals surface area contributed by atoms with Gasteiger partial charge in [0.2, 0.25) is 0 Å². The van der Waals surface area contributed by atoms with Crippen LogP contribution in [0.1, 0.15) is 18.4 Å². The Kier molecular flexibility index (Phi) is 6.05. The highest BCUT2D eigenvalue weighted by Crippen LogP contribution is 2.13. The van der Waals surface area contributed by atoms with Crippen molar-refractivity contribution in [2.75, 3.05) is 31.6 Å².